The van der Waals surface area contributed by atoms with Gasteiger partial charge in [0.15, 0.2) is 5.69 Å². The number of amides is 2. The maximum atomic E-state index is 13.7. The van der Waals surface area contributed by atoms with Crippen LogP contribution in [0, 0.1) is 5.92 Å². The Balaban J connectivity index is 2.01. The van der Waals surface area contributed by atoms with E-state index >= 15 is 0 Å². The summed E-state index contributed by atoms with van der Waals surface area (Å²) in [6.07, 6.45) is 0.528. The average Bonchev–Trinajstić information content (AvgIpc) is 2.85. The van der Waals surface area contributed by atoms with Crippen LogP contribution in [0.2, 0.25) is 0 Å². The second-order valence-electron chi connectivity index (χ2n) is 8.62. The monoisotopic (exact) mass is 477 g/mol. The molecule has 1 heterocycles. The number of carbonyl (C=O) groups is 2. The molecule has 2 amide bonds. The Morgan fingerprint density at radius 3 is 2.20 bits per heavy atom. The first kappa shape index (κ1) is 25.5. The topological polar surface area (TPSA) is 130 Å². The van der Waals surface area contributed by atoms with E-state index in [1.165, 1.54) is 9.47 Å². The number of anilines is 2. The van der Waals surface area contributed by atoms with Gasteiger partial charge in [-0.15, -0.1) is 0 Å². The number of rotatable bonds is 9. The number of aromatic nitrogens is 2. The predicted octanol–water partition coefficient (Wildman–Crippen LogP) is 2.36. The molecule has 184 valence electrons. The summed E-state index contributed by atoms with van der Waals surface area (Å²) in [5.41, 5.74) is 6.03. The average molecular weight is 478 g/mol. The van der Waals surface area contributed by atoms with Crippen LogP contribution in [0.1, 0.15) is 43.1 Å². The minimum absolute atomic E-state index is 0.105. The number of nitrogens with two attached hydrogens (primary N) is 1. The van der Waals surface area contributed by atoms with Crippen LogP contribution < -0.4 is 27.2 Å². The summed E-state index contributed by atoms with van der Waals surface area (Å²) < 4.78 is 1.23. The fraction of sp³-hybridized carbons (Fsp3) is 0.308. The Morgan fingerprint density at radius 2 is 1.63 bits per heavy atom. The van der Waals surface area contributed by atoms with Crippen LogP contribution in [0.4, 0.5) is 11.5 Å². The van der Waals surface area contributed by atoms with Crippen molar-refractivity contribution in [3.8, 4) is 0 Å². The molecule has 0 spiro atoms. The molecule has 2 aromatic carbocycles. The summed E-state index contributed by atoms with van der Waals surface area (Å²) in [7, 11) is 0. The van der Waals surface area contributed by atoms with Crippen molar-refractivity contribution in [2.24, 2.45) is 5.92 Å². The molecule has 0 unspecified atom stereocenters. The van der Waals surface area contributed by atoms with E-state index in [-0.39, 0.29) is 30.5 Å². The van der Waals surface area contributed by atoms with E-state index in [0.717, 1.165) is 5.56 Å². The van der Waals surface area contributed by atoms with Crippen LogP contribution in [0.5, 0.6) is 0 Å². The van der Waals surface area contributed by atoms with Gasteiger partial charge < -0.3 is 16.0 Å². The molecular formula is C26H31N5O4. The Bertz CT molecular complexity index is 1280. The summed E-state index contributed by atoms with van der Waals surface area (Å²) >= 11 is 0. The van der Waals surface area contributed by atoms with Crippen molar-refractivity contribution < 1.29 is 9.59 Å². The molecular weight excluding hydrogens is 446 g/mol. The molecule has 3 rings (SSSR count). The molecule has 0 saturated heterocycles. The zero-order valence-electron chi connectivity index (χ0n) is 20.2. The lowest BCUT2D eigenvalue weighted by Gasteiger charge is -2.30. The van der Waals surface area contributed by atoms with Crippen LogP contribution in [0.15, 0.2) is 70.3 Å². The van der Waals surface area contributed by atoms with Crippen LogP contribution in [-0.4, -0.2) is 34.0 Å². The van der Waals surface area contributed by atoms with E-state index < -0.39 is 29.1 Å². The van der Waals surface area contributed by atoms with E-state index in [4.69, 9.17) is 5.73 Å². The number of nitrogens with one attached hydrogen (secondary N) is 2. The number of H-pyrrole nitrogens is 1. The Morgan fingerprint density at radius 1 is 1.03 bits per heavy atom. The zero-order valence-corrected chi connectivity index (χ0v) is 20.2. The van der Waals surface area contributed by atoms with Crippen LogP contribution >= 0.6 is 0 Å². The quantitative estimate of drug-likeness (QED) is 0.436. The molecule has 1 aromatic heterocycles. The van der Waals surface area contributed by atoms with Gasteiger partial charge in [-0.05, 0) is 30.0 Å². The molecule has 3 aromatic rings. The molecule has 9 heteroatoms. The third-order valence-corrected chi connectivity index (χ3v) is 5.64. The van der Waals surface area contributed by atoms with Crippen LogP contribution in [0.25, 0.3) is 0 Å². The number of nitrogen functional groups attached to an aromatic ring is 1. The predicted molar refractivity (Wildman–Crippen MR) is 136 cm³/mol. The second-order valence-corrected chi connectivity index (χ2v) is 8.62. The number of carbonyl (C=O) groups excluding carboxylic acids is 2. The van der Waals surface area contributed by atoms with Crippen molar-refractivity contribution in [2.45, 2.75) is 39.8 Å². The summed E-state index contributed by atoms with van der Waals surface area (Å²) in [6, 6.07) is 16.8. The molecule has 4 N–H and O–H groups in total. The van der Waals surface area contributed by atoms with Gasteiger partial charge >= 0.3 is 5.69 Å². The van der Waals surface area contributed by atoms with Gasteiger partial charge in [-0.2, -0.15) is 0 Å². The van der Waals surface area contributed by atoms with Crippen LogP contribution in [0.3, 0.4) is 0 Å². The van der Waals surface area contributed by atoms with Crippen molar-refractivity contribution in [1.29, 1.82) is 0 Å². The third kappa shape index (κ3) is 5.87. The fourth-order valence-corrected chi connectivity index (χ4v) is 3.81. The van der Waals surface area contributed by atoms with Gasteiger partial charge in [-0.25, -0.2) is 4.79 Å². The Labute approximate surface area is 203 Å². The molecule has 0 aliphatic carbocycles. The third-order valence-electron chi connectivity index (χ3n) is 5.64. The molecule has 0 fully saturated rings. The van der Waals surface area contributed by atoms with Gasteiger partial charge in [0.05, 0.1) is 6.54 Å². The molecule has 0 bridgehead atoms. The number of hydrogen-bond donors (Lipinski definition) is 3. The van der Waals surface area contributed by atoms with Crippen molar-refractivity contribution in [3.63, 3.8) is 0 Å². The van der Waals surface area contributed by atoms with Gasteiger partial charge in [0.1, 0.15) is 11.9 Å². The highest BCUT2D eigenvalue weighted by Crippen LogP contribution is 2.21. The molecule has 0 radical (unpaired) electrons. The zero-order chi connectivity index (χ0) is 25.5. The van der Waals surface area contributed by atoms with Gasteiger partial charge in [0.2, 0.25) is 5.91 Å². The van der Waals surface area contributed by atoms with Crippen LogP contribution in [-0.2, 0) is 11.3 Å². The normalized spacial score (nSPS) is 11.8. The minimum atomic E-state index is -0.914. The van der Waals surface area contributed by atoms with Gasteiger partial charge in [-0.3, -0.25) is 23.9 Å². The number of aromatic amines is 1. The highest BCUT2D eigenvalue weighted by atomic mass is 16.2. The standard InChI is InChI=1S/C26H31N5O4/c1-4-15-30(25(34)20(17(2)3)28-23(32)19-13-9-6-10-14-19)21-22(27)31(26(35)29-24(21)33)16-18-11-7-5-8-12-18/h5-14,17,20H,4,15-16,27H2,1-3H3,(H,28,32)(H,29,33,35)/t20-/m0/s1. The van der Waals surface area contributed by atoms with E-state index in [1.54, 1.807) is 30.3 Å². The highest BCUT2D eigenvalue weighted by Gasteiger charge is 2.32. The number of benzene rings is 2. The van der Waals surface area contributed by atoms with Gasteiger partial charge in [0.25, 0.3) is 11.5 Å². The summed E-state index contributed by atoms with van der Waals surface area (Å²) in [5, 5.41) is 2.79. The Kier molecular flexibility index (Phi) is 8.25. The molecule has 0 aliphatic rings. The lowest BCUT2D eigenvalue weighted by atomic mass is 10.0. The van der Waals surface area contributed by atoms with Crippen molar-refractivity contribution >= 4 is 23.3 Å². The minimum Gasteiger partial charge on any atom is -0.383 e. The van der Waals surface area contributed by atoms with E-state index in [1.807, 2.05) is 51.1 Å². The van der Waals surface area contributed by atoms with E-state index in [2.05, 4.69) is 10.3 Å². The van der Waals surface area contributed by atoms with Gasteiger partial charge in [0, 0.05) is 12.1 Å². The lowest BCUT2D eigenvalue weighted by molar-refractivity contribution is -0.121. The highest BCUT2D eigenvalue weighted by molar-refractivity contribution is 6.03. The number of hydrogen-bond acceptors (Lipinski definition) is 5. The first-order valence-corrected chi connectivity index (χ1v) is 11.6. The first-order valence-electron chi connectivity index (χ1n) is 11.6. The maximum Gasteiger partial charge on any atom is 0.330 e. The first-order chi connectivity index (χ1) is 16.7. The maximum absolute atomic E-state index is 13.7. The smallest absolute Gasteiger partial charge is 0.330 e. The molecule has 35 heavy (non-hydrogen) atoms. The van der Waals surface area contributed by atoms with Crippen molar-refractivity contribution in [1.82, 2.24) is 14.9 Å². The summed E-state index contributed by atoms with van der Waals surface area (Å²) in [6.45, 7) is 5.78. The second kappa shape index (κ2) is 11.3. The Hall–Kier alpha value is -4.14. The van der Waals surface area contributed by atoms with E-state index in [0.29, 0.717) is 12.0 Å². The molecule has 0 aliphatic heterocycles. The van der Waals surface area contributed by atoms with E-state index in [9.17, 15) is 19.2 Å². The van der Waals surface area contributed by atoms with Crippen molar-refractivity contribution in [3.05, 3.63) is 92.6 Å². The largest absolute Gasteiger partial charge is 0.383 e. The van der Waals surface area contributed by atoms with Crippen molar-refractivity contribution in [2.75, 3.05) is 17.2 Å². The lowest BCUT2D eigenvalue weighted by Crippen LogP contribution is -2.53. The molecule has 0 saturated carbocycles. The SMILES string of the molecule is CCCN(C(=O)[C@@H](NC(=O)c1ccccc1)C(C)C)c1c(N)n(Cc2ccccc2)c(=O)[nH]c1=O. The summed E-state index contributed by atoms with van der Waals surface area (Å²) in [4.78, 5) is 55.5. The number of nitrogens with zero attached hydrogens (tertiary/aromatic N) is 2. The molecule has 1 atom stereocenters. The van der Waals surface area contributed by atoms with Gasteiger partial charge in [-0.1, -0.05) is 69.3 Å². The fourth-order valence-electron chi connectivity index (χ4n) is 3.81. The summed E-state index contributed by atoms with van der Waals surface area (Å²) in [5.74, 6) is -1.26. The molecule has 9 nitrogen and oxygen atoms in total.